The fourth-order valence-electron chi connectivity index (χ4n) is 3.06. The van der Waals surface area contributed by atoms with E-state index in [0.717, 1.165) is 37.7 Å². The van der Waals surface area contributed by atoms with E-state index in [0.29, 0.717) is 17.7 Å². The molecule has 0 atom stereocenters. The second kappa shape index (κ2) is 9.16. The third-order valence-electron chi connectivity index (χ3n) is 4.37. The van der Waals surface area contributed by atoms with Gasteiger partial charge in [0, 0.05) is 18.5 Å². The van der Waals surface area contributed by atoms with Crippen molar-refractivity contribution in [2.45, 2.75) is 58.3 Å². The molecule has 2 N–H and O–H groups in total. The molecule has 25 heavy (non-hydrogen) atoms. The van der Waals surface area contributed by atoms with Crippen molar-refractivity contribution in [1.82, 2.24) is 0 Å². The molecule has 1 amide bonds. The minimum Gasteiger partial charge on any atom is -0.478 e. The molecule has 0 aromatic heterocycles. The predicted octanol–water partition coefficient (Wildman–Crippen LogP) is 4.13. The van der Waals surface area contributed by atoms with E-state index in [1.807, 2.05) is 13.0 Å². The first-order valence-corrected chi connectivity index (χ1v) is 8.89. The maximum Gasteiger partial charge on any atom is 0.335 e. The Morgan fingerprint density at radius 2 is 1.96 bits per heavy atom. The minimum absolute atomic E-state index is 0.0581. The van der Waals surface area contributed by atoms with Crippen molar-refractivity contribution in [1.29, 1.82) is 0 Å². The lowest BCUT2D eigenvalue weighted by atomic mass is 9.94. The lowest BCUT2D eigenvalue weighted by Gasteiger charge is -2.12. The van der Waals surface area contributed by atoms with Crippen LogP contribution >= 0.6 is 0 Å². The molecule has 1 aromatic rings. The van der Waals surface area contributed by atoms with Gasteiger partial charge in [0.15, 0.2) is 5.78 Å². The molecule has 0 unspecified atom stereocenters. The lowest BCUT2D eigenvalue weighted by molar-refractivity contribution is -0.121. The Kier molecular flexibility index (Phi) is 6.92. The first-order chi connectivity index (χ1) is 12.0. The van der Waals surface area contributed by atoms with E-state index < -0.39 is 5.97 Å². The number of ketones is 1. The van der Waals surface area contributed by atoms with E-state index in [1.54, 1.807) is 12.1 Å². The first-order valence-electron chi connectivity index (χ1n) is 8.89. The number of aromatic carboxylic acids is 1. The van der Waals surface area contributed by atoms with Gasteiger partial charge in [-0.2, -0.15) is 0 Å². The summed E-state index contributed by atoms with van der Waals surface area (Å²) in [6, 6.07) is 4.81. The van der Waals surface area contributed by atoms with Gasteiger partial charge in [-0.15, -0.1) is 0 Å². The standard InChI is InChI=1S/C20H25NO4/c1-2-6-15-13-16(9-10-17(15)20(24)25)21-19(23)12-11-18(22)14-7-4-3-5-8-14/h7,9-10,13H,2-6,8,11-12H2,1H3,(H,21,23)(H,24,25). The Labute approximate surface area is 148 Å². The Balaban J connectivity index is 1.93. The third kappa shape index (κ3) is 5.55. The van der Waals surface area contributed by atoms with E-state index in [4.69, 9.17) is 0 Å². The summed E-state index contributed by atoms with van der Waals surface area (Å²) in [5.41, 5.74) is 2.40. The quantitative estimate of drug-likeness (QED) is 0.743. The molecule has 1 aromatic carbocycles. The number of carboxylic acid groups (broad SMARTS) is 1. The zero-order chi connectivity index (χ0) is 18.2. The van der Waals surface area contributed by atoms with Crippen molar-refractivity contribution >= 4 is 23.3 Å². The molecule has 1 aliphatic carbocycles. The summed E-state index contributed by atoms with van der Waals surface area (Å²) in [7, 11) is 0. The van der Waals surface area contributed by atoms with Gasteiger partial charge in [0.2, 0.25) is 5.91 Å². The summed E-state index contributed by atoms with van der Waals surface area (Å²) in [5.74, 6) is -1.13. The van der Waals surface area contributed by atoms with E-state index >= 15 is 0 Å². The van der Waals surface area contributed by atoms with E-state index in [1.165, 1.54) is 6.07 Å². The number of carbonyl (C=O) groups is 3. The maximum atomic E-state index is 12.1. The van der Waals surface area contributed by atoms with Crippen molar-refractivity contribution in [3.05, 3.63) is 41.0 Å². The fourth-order valence-corrected chi connectivity index (χ4v) is 3.06. The summed E-state index contributed by atoms with van der Waals surface area (Å²) in [4.78, 5) is 35.4. The number of hydrogen-bond acceptors (Lipinski definition) is 3. The molecule has 0 heterocycles. The average molecular weight is 343 g/mol. The number of aryl methyl sites for hydroxylation is 1. The van der Waals surface area contributed by atoms with Crippen LogP contribution in [0.2, 0.25) is 0 Å². The predicted molar refractivity (Wildman–Crippen MR) is 96.8 cm³/mol. The van der Waals surface area contributed by atoms with Crippen LogP contribution in [-0.2, 0) is 16.0 Å². The number of benzene rings is 1. The summed E-state index contributed by atoms with van der Waals surface area (Å²) in [6.45, 7) is 1.97. The van der Waals surface area contributed by atoms with Gasteiger partial charge >= 0.3 is 5.97 Å². The van der Waals surface area contributed by atoms with Crippen LogP contribution in [-0.4, -0.2) is 22.8 Å². The van der Waals surface area contributed by atoms with Gasteiger partial charge in [0.25, 0.3) is 0 Å². The SMILES string of the molecule is CCCc1cc(NC(=O)CCC(=O)C2=CCCCC2)ccc1C(=O)O. The monoisotopic (exact) mass is 343 g/mol. The largest absolute Gasteiger partial charge is 0.478 e. The van der Waals surface area contributed by atoms with Crippen LogP contribution in [0.1, 0.15) is 67.8 Å². The summed E-state index contributed by atoms with van der Waals surface area (Å²) in [5, 5.41) is 12.0. The Morgan fingerprint density at radius 3 is 2.60 bits per heavy atom. The minimum atomic E-state index is -0.965. The Bertz CT molecular complexity index is 691. The van der Waals surface area contributed by atoms with Crippen LogP contribution < -0.4 is 5.32 Å². The van der Waals surface area contributed by atoms with E-state index in [9.17, 15) is 19.5 Å². The van der Waals surface area contributed by atoms with E-state index in [2.05, 4.69) is 5.32 Å². The van der Waals surface area contributed by atoms with Crippen molar-refractivity contribution in [2.24, 2.45) is 0 Å². The number of nitrogens with one attached hydrogen (secondary N) is 1. The molecule has 5 heteroatoms. The van der Waals surface area contributed by atoms with Crippen LogP contribution in [0.5, 0.6) is 0 Å². The highest BCUT2D eigenvalue weighted by molar-refractivity contribution is 5.99. The summed E-state index contributed by atoms with van der Waals surface area (Å²) in [6.07, 6.45) is 7.74. The van der Waals surface area contributed by atoms with Gasteiger partial charge in [-0.1, -0.05) is 19.4 Å². The zero-order valence-electron chi connectivity index (χ0n) is 14.6. The molecule has 0 saturated heterocycles. The fraction of sp³-hybridized carbons (Fsp3) is 0.450. The molecule has 0 bridgehead atoms. The van der Waals surface area contributed by atoms with Crippen LogP contribution in [0.15, 0.2) is 29.8 Å². The third-order valence-corrected chi connectivity index (χ3v) is 4.37. The van der Waals surface area contributed by atoms with Gasteiger partial charge in [-0.05, 0) is 61.4 Å². The maximum absolute atomic E-state index is 12.1. The van der Waals surface area contributed by atoms with Crippen molar-refractivity contribution in [3.63, 3.8) is 0 Å². The Hall–Kier alpha value is -2.43. The second-order valence-corrected chi connectivity index (χ2v) is 6.37. The van der Waals surface area contributed by atoms with Crippen LogP contribution in [0.3, 0.4) is 0 Å². The number of amides is 1. The van der Waals surface area contributed by atoms with Gasteiger partial charge in [0.05, 0.1) is 5.56 Å². The van der Waals surface area contributed by atoms with Gasteiger partial charge in [-0.3, -0.25) is 9.59 Å². The number of Topliss-reactive ketones (excluding diaryl/α,β-unsaturated/α-hetero) is 1. The zero-order valence-corrected chi connectivity index (χ0v) is 14.6. The van der Waals surface area contributed by atoms with Crippen LogP contribution in [0, 0.1) is 0 Å². The highest BCUT2D eigenvalue weighted by atomic mass is 16.4. The molecule has 134 valence electrons. The van der Waals surface area contributed by atoms with Gasteiger partial charge < -0.3 is 10.4 Å². The molecule has 0 aliphatic heterocycles. The second-order valence-electron chi connectivity index (χ2n) is 6.37. The molecule has 0 spiro atoms. The van der Waals surface area contributed by atoms with Crippen LogP contribution in [0.4, 0.5) is 5.69 Å². The van der Waals surface area contributed by atoms with E-state index in [-0.39, 0.29) is 30.1 Å². The highest BCUT2D eigenvalue weighted by Crippen LogP contribution is 2.21. The topological polar surface area (TPSA) is 83.5 Å². The molecule has 0 fully saturated rings. The first kappa shape index (κ1) is 18.9. The number of allylic oxidation sites excluding steroid dienone is 2. The number of hydrogen-bond donors (Lipinski definition) is 2. The number of carboxylic acids is 1. The summed E-state index contributed by atoms with van der Waals surface area (Å²) < 4.78 is 0. The Morgan fingerprint density at radius 1 is 1.16 bits per heavy atom. The van der Waals surface area contributed by atoms with Crippen LogP contribution in [0.25, 0.3) is 0 Å². The average Bonchev–Trinajstić information content (AvgIpc) is 2.60. The number of carbonyl (C=O) groups excluding carboxylic acids is 2. The number of rotatable bonds is 8. The van der Waals surface area contributed by atoms with Crippen molar-refractivity contribution in [3.8, 4) is 0 Å². The summed E-state index contributed by atoms with van der Waals surface area (Å²) >= 11 is 0. The molecule has 0 radical (unpaired) electrons. The molecular weight excluding hydrogens is 318 g/mol. The molecule has 1 aliphatic rings. The molecule has 5 nitrogen and oxygen atoms in total. The number of anilines is 1. The lowest BCUT2D eigenvalue weighted by Crippen LogP contribution is -2.15. The normalized spacial score (nSPS) is 13.9. The van der Waals surface area contributed by atoms with Crippen molar-refractivity contribution < 1.29 is 19.5 Å². The molecular formula is C20H25NO4. The smallest absolute Gasteiger partial charge is 0.335 e. The van der Waals surface area contributed by atoms with Gasteiger partial charge in [0.1, 0.15) is 0 Å². The molecule has 0 saturated carbocycles. The van der Waals surface area contributed by atoms with Crippen molar-refractivity contribution in [2.75, 3.05) is 5.32 Å². The molecule has 2 rings (SSSR count). The van der Waals surface area contributed by atoms with Gasteiger partial charge in [-0.25, -0.2) is 4.79 Å². The highest BCUT2D eigenvalue weighted by Gasteiger charge is 2.15.